The van der Waals surface area contributed by atoms with E-state index in [4.69, 9.17) is 4.74 Å². The number of nitrogens with zero attached hydrogens (tertiary/aromatic N) is 5. The number of aromatic amines is 1. The van der Waals surface area contributed by atoms with Crippen LogP contribution in [0.25, 0.3) is 16.9 Å². The fourth-order valence-electron chi connectivity index (χ4n) is 4.06. The lowest BCUT2D eigenvalue weighted by molar-refractivity contribution is 0.222. The largest absolute Gasteiger partial charge is 0.493 e. The zero-order valence-electron chi connectivity index (χ0n) is 19.5. The van der Waals surface area contributed by atoms with Crippen molar-refractivity contribution in [3.63, 3.8) is 0 Å². The number of hydrogen-bond acceptors (Lipinski definition) is 7. The number of fused-ring (bicyclic) bond motifs is 1. The average Bonchev–Trinajstić information content (AvgIpc) is 3.10. The molecule has 1 saturated heterocycles. The molecule has 178 valence electrons. The summed E-state index contributed by atoms with van der Waals surface area (Å²) in [5, 5.41) is 4.64. The van der Waals surface area contributed by atoms with E-state index in [2.05, 4.69) is 20.0 Å². The summed E-state index contributed by atoms with van der Waals surface area (Å²) in [4.78, 5) is 22.5. The molecule has 0 aliphatic carbocycles. The third-order valence-electron chi connectivity index (χ3n) is 5.82. The van der Waals surface area contributed by atoms with Gasteiger partial charge < -0.3 is 14.6 Å². The number of likely N-dealkylation sites (N-methyl/N-ethyl adjacent to an activating group) is 1. The number of rotatable bonds is 7. The van der Waals surface area contributed by atoms with Gasteiger partial charge in [0.1, 0.15) is 11.6 Å². The summed E-state index contributed by atoms with van der Waals surface area (Å²) in [6.45, 7) is 8.24. The lowest BCUT2D eigenvalue weighted by atomic mass is 10.2. The van der Waals surface area contributed by atoms with Crippen LogP contribution in [0.15, 0.2) is 27.9 Å². The van der Waals surface area contributed by atoms with Crippen molar-refractivity contribution < 1.29 is 13.2 Å². The molecule has 2 aromatic heterocycles. The molecule has 0 amide bonds. The number of imidazole rings is 1. The zero-order chi connectivity index (χ0) is 23.8. The van der Waals surface area contributed by atoms with Crippen molar-refractivity contribution in [3.8, 4) is 17.1 Å². The van der Waals surface area contributed by atoms with E-state index < -0.39 is 10.0 Å². The Morgan fingerprint density at radius 1 is 1.15 bits per heavy atom. The van der Waals surface area contributed by atoms with Crippen molar-refractivity contribution in [3.05, 3.63) is 40.1 Å². The predicted molar refractivity (Wildman–Crippen MR) is 125 cm³/mol. The van der Waals surface area contributed by atoms with Crippen LogP contribution in [0.2, 0.25) is 0 Å². The number of piperazine rings is 1. The maximum absolute atomic E-state index is 13.3. The van der Waals surface area contributed by atoms with Gasteiger partial charge in [0.15, 0.2) is 11.3 Å². The van der Waals surface area contributed by atoms with Crippen LogP contribution in [-0.2, 0) is 16.4 Å². The Morgan fingerprint density at radius 3 is 2.55 bits per heavy atom. The number of sulfonamides is 1. The van der Waals surface area contributed by atoms with Crippen LogP contribution in [0, 0.1) is 6.92 Å². The second kappa shape index (κ2) is 9.24. The molecule has 1 fully saturated rings. The van der Waals surface area contributed by atoms with Crippen molar-refractivity contribution in [2.45, 2.75) is 38.5 Å². The van der Waals surface area contributed by atoms with Crippen LogP contribution < -0.4 is 10.3 Å². The monoisotopic (exact) mass is 473 g/mol. The number of nitrogens with one attached hydrogen (secondary N) is 1. The van der Waals surface area contributed by atoms with Crippen molar-refractivity contribution >= 4 is 15.5 Å². The van der Waals surface area contributed by atoms with Gasteiger partial charge in [-0.05, 0) is 45.5 Å². The third-order valence-corrected chi connectivity index (χ3v) is 7.72. The molecule has 0 spiro atoms. The molecule has 0 unspecified atom stereocenters. The van der Waals surface area contributed by atoms with Crippen molar-refractivity contribution in [1.29, 1.82) is 0 Å². The number of hydrogen-bond donors (Lipinski definition) is 1. The molecule has 1 aliphatic heterocycles. The van der Waals surface area contributed by atoms with E-state index in [0.29, 0.717) is 67.6 Å². The van der Waals surface area contributed by atoms with Gasteiger partial charge in [-0.2, -0.15) is 4.31 Å². The standard InChI is InChI=1S/C22H30N6O4S/c1-5-7-19-23-15(3)20-22(29)24-21(25-28(19)20)17-14-16(8-9-18(17)32-6-2)33(30,31)27-12-10-26(4)11-13-27/h8-9,14H,5-7,10-13H2,1-4H3,(H,24,25,29)/i4-1. The van der Waals surface area contributed by atoms with Crippen LogP contribution in [0.4, 0.5) is 0 Å². The van der Waals surface area contributed by atoms with E-state index in [9.17, 15) is 13.2 Å². The number of aryl methyl sites for hydroxylation is 2. The molecule has 3 aromatic rings. The van der Waals surface area contributed by atoms with E-state index in [-0.39, 0.29) is 16.3 Å². The van der Waals surface area contributed by atoms with Crippen molar-refractivity contribution in [1.82, 2.24) is 28.8 Å². The van der Waals surface area contributed by atoms with Crippen molar-refractivity contribution in [2.75, 3.05) is 39.8 Å². The highest BCUT2D eigenvalue weighted by Gasteiger charge is 2.29. The topological polar surface area (TPSA) is 113 Å². The molecule has 11 heteroatoms. The zero-order valence-corrected chi connectivity index (χ0v) is 20.3. The van der Waals surface area contributed by atoms with Gasteiger partial charge in [-0.1, -0.05) is 6.92 Å². The smallest absolute Gasteiger partial charge is 0.277 e. The number of H-pyrrole nitrogens is 1. The highest BCUT2D eigenvalue weighted by molar-refractivity contribution is 7.89. The Hall–Kier alpha value is -2.76. The fraction of sp³-hybridized carbons (Fsp3) is 0.500. The van der Waals surface area contributed by atoms with Gasteiger partial charge in [-0.3, -0.25) is 4.79 Å². The van der Waals surface area contributed by atoms with E-state index in [1.807, 2.05) is 20.9 Å². The highest BCUT2D eigenvalue weighted by atomic mass is 32.2. The Morgan fingerprint density at radius 2 is 1.88 bits per heavy atom. The summed E-state index contributed by atoms with van der Waals surface area (Å²) < 4.78 is 35.5. The quantitative estimate of drug-likeness (QED) is 0.555. The Balaban J connectivity index is 1.85. The molecule has 3 heterocycles. The second-order valence-electron chi connectivity index (χ2n) is 8.22. The molecule has 0 radical (unpaired) electrons. The SMILES string of the molecule is CCCc1nc(C)c2c(=O)[nH]c(-c3cc(S(=O)(=O)N4CCN([11CH3])CC4)ccc3OCC)nn12. The first-order chi connectivity index (χ1) is 15.8. The number of ether oxygens (including phenoxy) is 1. The van der Waals surface area contributed by atoms with Crippen LogP contribution in [-0.4, -0.2) is 77.0 Å². The number of benzene rings is 1. The first-order valence-electron chi connectivity index (χ1n) is 11.2. The molecular formula is C22H30N6O4S. The predicted octanol–water partition coefficient (Wildman–Crippen LogP) is 1.68. The van der Waals surface area contributed by atoms with Gasteiger partial charge >= 0.3 is 0 Å². The van der Waals surface area contributed by atoms with E-state index in [1.54, 1.807) is 23.6 Å². The first-order valence-corrected chi connectivity index (χ1v) is 12.6. The maximum Gasteiger partial charge on any atom is 0.277 e. The van der Waals surface area contributed by atoms with Gasteiger partial charge in [0.25, 0.3) is 5.56 Å². The fourth-order valence-corrected chi connectivity index (χ4v) is 5.51. The van der Waals surface area contributed by atoms with Gasteiger partial charge in [0, 0.05) is 32.6 Å². The highest BCUT2D eigenvalue weighted by Crippen LogP contribution is 2.31. The molecule has 1 aromatic carbocycles. The minimum Gasteiger partial charge on any atom is -0.493 e. The van der Waals surface area contributed by atoms with Crippen LogP contribution in [0.5, 0.6) is 5.75 Å². The van der Waals surface area contributed by atoms with Gasteiger partial charge in [-0.25, -0.2) is 17.9 Å². The average molecular weight is 474 g/mol. The van der Waals surface area contributed by atoms with E-state index >= 15 is 0 Å². The van der Waals surface area contributed by atoms with Crippen LogP contribution >= 0.6 is 0 Å². The minimum atomic E-state index is -3.70. The lowest BCUT2D eigenvalue weighted by Crippen LogP contribution is -2.47. The Bertz CT molecular complexity index is 1320. The van der Waals surface area contributed by atoms with E-state index in [1.165, 1.54) is 10.4 Å². The molecule has 4 rings (SSSR count). The molecule has 0 bridgehead atoms. The molecule has 0 saturated carbocycles. The summed E-state index contributed by atoms with van der Waals surface area (Å²) in [7, 11) is -1.73. The minimum absolute atomic E-state index is 0.142. The van der Waals surface area contributed by atoms with Gasteiger partial charge in [0.05, 0.1) is 22.8 Å². The van der Waals surface area contributed by atoms with Crippen molar-refractivity contribution in [2.24, 2.45) is 0 Å². The van der Waals surface area contributed by atoms with Gasteiger partial charge in [0.2, 0.25) is 10.0 Å². The normalized spacial score (nSPS) is 15.9. The molecule has 10 nitrogen and oxygen atoms in total. The van der Waals surface area contributed by atoms with Gasteiger partial charge in [-0.15, -0.1) is 5.10 Å². The summed E-state index contributed by atoms with van der Waals surface area (Å²) >= 11 is 0. The summed E-state index contributed by atoms with van der Waals surface area (Å²) in [6, 6.07) is 4.70. The third kappa shape index (κ3) is 4.40. The second-order valence-corrected chi connectivity index (χ2v) is 10.2. The first kappa shape index (κ1) is 23.4. The molecule has 1 aliphatic rings. The van der Waals surface area contributed by atoms with Crippen LogP contribution in [0.1, 0.15) is 31.8 Å². The van der Waals surface area contributed by atoms with E-state index in [0.717, 1.165) is 6.42 Å². The molecule has 0 atom stereocenters. The lowest BCUT2D eigenvalue weighted by Gasteiger charge is -2.31. The Labute approximate surface area is 193 Å². The molecule has 1 N–H and O–H groups in total. The molecular weight excluding hydrogens is 443 g/mol. The molecule has 33 heavy (non-hydrogen) atoms. The summed E-state index contributed by atoms with van der Waals surface area (Å²) in [5.74, 6) is 1.38. The maximum atomic E-state index is 13.3. The van der Waals surface area contributed by atoms with Crippen LogP contribution in [0.3, 0.4) is 0 Å². The summed E-state index contributed by atoms with van der Waals surface area (Å²) in [5.41, 5.74) is 1.08. The number of aromatic nitrogens is 4. The Kier molecular flexibility index (Phi) is 6.55. The summed E-state index contributed by atoms with van der Waals surface area (Å²) in [6.07, 6.45) is 1.52.